The number of benzene rings is 2. The van der Waals surface area contributed by atoms with Gasteiger partial charge in [0.15, 0.2) is 0 Å². The highest BCUT2D eigenvalue weighted by atomic mass is 35.5. The number of hydrogen-bond acceptors (Lipinski definition) is 1. The van der Waals surface area contributed by atoms with Gasteiger partial charge < -0.3 is 0 Å². The summed E-state index contributed by atoms with van der Waals surface area (Å²) in [5.74, 6) is 0. The zero-order valence-electron chi connectivity index (χ0n) is 10.1. The highest BCUT2D eigenvalue weighted by molar-refractivity contribution is 6.36. The molecule has 0 saturated carbocycles. The fraction of sp³-hybridized carbons (Fsp3) is 0.0625. The van der Waals surface area contributed by atoms with Gasteiger partial charge in [0, 0.05) is 21.2 Å². The minimum atomic E-state index is 0.646. The molecule has 19 heavy (non-hydrogen) atoms. The normalized spacial score (nSPS) is 13.7. The molecule has 1 aliphatic heterocycles. The van der Waals surface area contributed by atoms with Crippen LogP contribution >= 0.6 is 23.2 Å². The van der Waals surface area contributed by atoms with Crippen molar-refractivity contribution in [1.82, 2.24) is 0 Å². The molecule has 0 radical (unpaired) electrons. The van der Waals surface area contributed by atoms with Gasteiger partial charge in [-0.1, -0.05) is 59.6 Å². The smallest absolute Gasteiger partial charge is 0.0744 e. The van der Waals surface area contributed by atoms with Gasteiger partial charge in [-0.05, 0) is 23.8 Å². The Hall–Kier alpha value is -1.57. The zero-order chi connectivity index (χ0) is 13.2. The minimum absolute atomic E-state index is 0.646. The van der Waals surface area contributed by atoms with E-state index < -0.39 is 0 Å². The Labute approximate surface area is 122 Å². The Balaban J connectivity index is 2.22. The molecule has 3 heteroatoms. The van der Waals surface area contributed by atoms with E-state index in [1.54, 1.807) is 0 Å². The Kier molecular flexibility index (Phi) is 3.41. The molecule has 1 nitrogen and oxygen atoms in total. The lowest BCUT2D eigenvalue weighted by Crippen LogP contribution is -2.06. The van der Waals surface area contributed by atoms with Crippen molar-refractivity contribution in [3.63, 3.8) is 0 Å². The molecule has 0 aromatic heterocycles. The first kappa shape index (κ1) is 12.5. The van der Waals surface area contributed by atoms with Crippen LogP contribution < -0.4 is 0 Å². The van der Waals surface area contributed by atoms with E-state index in [9.17, 15) is 0 Å². The Morgan fingerprint density at radius 3 is 2.63 bits per heavy atom. The molecule has 0 saturated heterocycles. The number of aliphatic imine (C=N–C) groups is 1. The van der Waals surface area contributed by atoms with Crippen LogP contribution in [-0.4, -0.2) is 12.3 Å². The Morgan fingerprint density at radius 2 is 1.79 bits per heavy atom. The van der Waals surface area contributed by atoms with Gasteiger partial charge in [0.05, 0.1) is 12.3 Å². The van der Waals surface area contributed by atoms with E-state index in [0.29, 0.717) is 16.6 Å². The molecule has 94 valence electrons. The van der Waals surface area contributed by atoms with E-state index in [4.69, 9.17) is 23.2 Å². The monoisotopic (exact) mass is 287 g/mol. The summed E-state index contributed by atoms with van der Waals surface area (Å²) in [6.07, 6.45) is 4.11. The minimum Gasteiger partial charge on any atom is -0.280 e. The van der Waals surface area contributed by atoms with Gasteiger partial charge in [-0.25, -0.2) is 0 Å². The fourth-order valence-corrected chi connectivity index (χ4v) is 2.57. The second-order valence-corrected chi connectivity index (χ2v) is 5.15. The summed E-state index contributed by atoms with van der Waals surface area (Å²) >= 11 is 12.4. The van der Waals surface area contributed by atoms with Crippen LogP contribution in [0.25, 0.3) is 6.08 Å². The molecular weight excluding hydrogens is 277 g/mol. The number of halogens is 2. The maximum atomic E-state index is 6.28. The predicted molar refractivity (Wildman–Crippen MR) is 82.4 cm³/mol. The quantitative estimate of drug-likeness (QED) is 0.710. The molecule has 2 aromatic carbocycles. The third kappa shape index (κ3) is 2.44. The molecule has 0 spiro atoms. The molecule has 0 amide bonds. The van der Waals surface area contributed by atoms with Crippen molar-refractivity contribution in [3.05, 3.63) is 75.3 Å². The standard InChI is InChI=1S/C16H11Cl2N/c17-12-8-7-11-4-3-9-19-16(14(11)10-12)13-5-1-2-6-15(13)18/h1-8,10H,9H2. The molecule has 1 heterocycles. The Morgan fingerprint density at radius 1 is 0.947 bits per heavy atom. The van der Waals surface area contributed by atoms with E-state index in [2.05, 4.69) is 11.1 Å². The average Bonchev–Trinajstić information content (AvgIpc) is 2.61. The van der Waals surface area contributed by atoms with E-state index in [1.165, 1.54) is 0 Å². The van der Waals surface area contributed by atoms with Crippen molar-refractivity contribution in [2.45, 2.75) is 0 Å². The van der Waals surface area contributed by atoms with Gasteiger partial charge >= 0.3 is 0 Å². The summed E-state index contributed by atoms with van der Waals surface area (Å²) < 4.78 is 0. The van der Waals surface area contributed by atoms with Gasteiger partial charge in [-0.3, -0.25) is 4.99 Å². The zero-order valence-corrected chi connectivity index (χ0v) is 11.6. The van der Waals surface area contributed by atoms with Crippen molar-refractivity contribution in [2.75, 3.05) is 6.54 Å². The molecule has 0 fully saturated rings. The van der Waals surface area contributed by atoms with Gasteiger partial charge in [-0.15, -0.1) is 0 Å². The summed E-state index contributed by atoms with van der Waals surface area (Å²) in [4.78, 5) is 4.62. The molecule has 0 bridgehead atoms. The number of rotatable bonds is 1. The average molecular weight is 288 g/mol. The van der Waals surface area contributed by atoms with Crippen LogP contribution in [0.3, 0.4) is 0 Å². The third-order valence-electron chi connectivity index (χ3n) is 3.05. The summed E-state index contributed by atoms with van der Waals surface area (Å²) in [6.45, 7) is 0.646. The molecule has 3 rings (SSSR count). The topological polar surface area (TPSA) is 12.4 Å². The van der Waals surface area contributed by atoms with E-state index >= 15 is 0 Å². The first-order chi connectivity index (χ1) is 9.25. The lowest BCUT2D eigenvalue weighted by Gasteiger charge is -2.11. The van der Waals surface area contributed by atoms with Crippen molar-refractivity contribution in [2.24, 2.45) is 4.99 Å². The summed E-state index contributed by atoms with van der Waals surface area (Å²) in [7, 11) is 0. The second kappa shape index (κ2) is 5.20. The molecule has 0 unspecified atom stereocenters. The fourth-order valence-electron chi connectivity index (χ4n) is 2.17. The maximum absolute atomic E-state index is 6.28. The Bertz CT molecular complexity index is 687. The van der Waals surface area contributed by atoms with Crippen molar-refractivity contribution < 1.29 is 0 Å². The van der Waals surface area contributed by atoms with Gasteiger partial charge in [0.25, 0.3) is 0 Å². The van der Waals surface area contributed by atoms with E-state index in [0.717, 1.165) is 22.4 Å². The maximum Gasteiger partial charge on any atom is 0.0744 e. The molecule has 0 atom stereocenters. The van der Waals surface area contributed by atoms with Crippen molar-refractivity contribution >= 4 is 35.0 Å². The van der Waals surface area contributed by atoms with Crippen molar-refractivity contribution in [3.8, 4) is 0 Å². The predicted octanol–water partition coefficient (Wildman–Crippen LogP) is 4.86. The highest BCUT2D eigenvalue weighted by Gasteiger charge is 2.15. The largest absolute Gasteiger partial charge is 0.280 e. The van der Waals surface area contributed by atoms with Crippen LogP contribution in [0.15, 0.2) is 53.5 Å². The van der Waals surface area contributed by atoms with Crippen LogP contribution in [-0.2, 0) is 0 Å². The number of hydrogen-bond donors (Lipinski definition) is 0. The molecule has 0 aliphatic carbocycles. The SMILES string of the molecule is Clc1ccc2c(c1)C(c1ccccc1Cl)=NCC=C2. The van der Waals surface area contributed by atoms with Crippen LogP contribution in [0.4, 0.5) is 0 Å². The van der Waals surface area contributed by atoms with Crippen LogP contribution in [0.5, 0.6) is 0 Å². The van der Waals surface area contributed by atoms with Crippen LogP contribution in [0.2, 0.25) is 10.0 Å². The number of fused-ring (bicyclic) bond motifs is 1. The third-order valence-corrected chi connectivity index (χ3v) is 3.62. The summed E-state index contributed by atoms with van der Waals surface area (Å²) in [5, 5.41) is 1.41. The summed E-state index contributed by atoms with van der Waals surface area (Å²) in [5.41, 5.74) is 3.97. The summed E-state index contributed by atoms with van der Waals surface area (Å²) in [6, 6.07) is 13.6. The number of nitrogens with zero attached hydrogens (tertiary/aromatic N) is 1. The second-order valence-electron chi connectivity index (χ2n) is 4.30. The van der Waals surface area contributed by atoms with Gasteiger partial charge in [-0.2, -0.15) is 0 Å². The first-order valence-corrected chi connectivity index (χ1v) is 6.77. The van der Waals surface area contributed by atoms with E-state index in [-0.39, 0.29) is 0 Å². The van der Waals surface area contributed by atoms with Crippen LogP contribution in [0, 0.1) is 0 Å². The lowest BCUT2D eigenvalue weighted by atomic mass is 9.97. The highest BCUT2D eigenvalue weighted by Crippen LogP contribution is 2.26. The molecule has 0 N–H and O–H groups in total. The molecule has 1 aliphatic rings. The van der Waals surface area contributed by atoms with Crippen LogP contribution in [0.1, 0.15) is 16.7 Å². The molecular formula is C16H11Cl2N. The molecule has 2 aromatic rings. The van der Waals surface area contributed by atoms with E-state index in [1.807, 2.05) is 48.5 Å². The van der Waals surface area contributed by atoms with Gasteiger partial charge in [0.1, 0.15) is 0 Å². The lowest BCUT2D eigenvalue weighted by molar-refractivity contribution is 1.25. The first-order valence-electron chi connectivity index (χ1n) is 6.01. The van der Waals surface area contributed by atoms with Gasteiger partial charge in [0.2, 0.25) is 0 Å². The van der Waals surface area contributed by atoms with Crippen molar-refractivity contribution in [1.29, 1.82) is 0 Å².